The van der Waals surface area contributed by atoms with Crippen molar-refractivity contribution in [3.8, 4) is 0 Å². The van der Waals surface area contributed by atoms with Crippen LogP contribution in [0.2, 0.25) is 5.02 Å². The largest absolute Gasteiger partial charge is 0.329 e. The number of hydrogen-bond acceptors (Lipinski definition) is 2. The third-order valence-electron chi connectivity index (χ3n) is 2.60. The van der Waals surface area contributed by atoms with Crippen molar-refractivity contribution in [2.75, 3.05) is 10.6 Å². The van der Waals surface area contributed by atoms with Gasteiger partial charge < -0.3 is 10.6 Å². The Hall–Kier alpha value is -2.47. The summed E-state index contributed by atoms with van der Waals surface area (Å²) in [7, 11) is 0. The summed E-state index contributed by atoms with van der Waals surface area (Å²) in [6.07, 6.45) is 0.493. The number of hydrogen-bond donors (Lipinski definition) is 2. The Morgan fingerprint density at radius 3 is 2.48 bits per heavy atom. The van der Waals surface area contributed by atoms with E-state index >= 15 is 0 Å². The van der Waals surface area contributed by atoms with E-state index in [9.17, 15) is 18.4 Å². The van der Waals surface area contributed by atoms with Gasteiger partial charge in [0.05, 0.1) is 10.6 Å². The lowest BCUT2D eigenvalue weighted by Crippen LogP contribution is -2.13. The van der Waals surface area contributed by atoms with Crippen LogP contribution in [0.3, 0.4) is 0 Å². The van der Waals surface area contributed by atoms with Crippen molar-refractivity contribution in [2.45, 2.75) is 0 Å². The van der Waals surface area contributed by atoms with Gasteiger partial charge in [-0.15, -0.1) is 0 Å². The summed E-state index contributed by atoms with van der Waals surface area (Å²) in [5.41, 5.74) is 0.649. The molecule has 0 fully saturated rings. The minimum Gasteiger partial charge on any atom is -0.329 e. The molecule has 2 rings (SSSR count). The van der Waals surface area contributed by atoms with Gasteiger partial charge in [-0.25, -0.2) is 8.78 Å². The molecule has 2 aromatic carbocycles. The lowest BCUT2D eigenvalue weighted by atomic mass is 10.2. The average Bonchev–Trinajstić information content (AvgIpc) is 2.43. The summed E-state index contributed by atoms with van der Waals surface area (Å²) in [5.74, 6) is -2.99. The minimum atomic E-state index is -1.17. The molecule has 0 atom stereocenters. The van der Waals surface area contributed by atoms with Crippen LogP contribution < -0.4 is 10.6 Å². The molecule has 4 nitrogen and oxygen atoms in total. The molecule has 2 aromatic rings. The molecule has 0 aliphatic rings. The summed E-state index contributed by atoms with van der Waals surface area (Å²) in [5, 5.41) is 4.70. The lowest BCUT2D eigenvalue weighted by Gasteiger charge is -2.08. The Labute approximate surface area is 123 Å². The van der Waals surface area contributed by atoms with E-state index in [0.717, 1.165) is 12.1 Å². The van der Waals surface area contributed by atoms with E-state index in [2.05, 4.69) is 10.6 Å². The molecule has 21 heavy (non-hydrogen) atoms. The van der Waals surface area contributed by atoms with Crippen molar-refractivity contribution >= 4 is 35.3 Å². The molecular weight excluding hydrogens is 302 g/mol. The lowest BCUT2D eigenvalue weighted by molar-refractivity contribution is -0.105. The molecule has 7 heteroatoms. The molecule has 2 amide bonds. The zero-order valence-electron chi connectivity index (χ0n) is 10.5. The number of nitrogens with one attached hydrogen (secondary N) is 2. The summed E-state index contributed by atoms with van der Waals surface area (Å²) >= 11 is 5.72. The van der Waals surface area contributed by atoms with E-state index < -0.39 is 17.5 Å². The highest BCUT2D eigenvalue weighted by atomic mass is 35.5. The highest BCUT2D eigenvalue weighted by Crippen LogP contribution is 2.22. The minimum absolute atomic E-state index is 0.190. The topological polar surface area (TPSA) is 58.2 Å². The Morgan fingerprint density at radius 1 is 1.10 bits per heavy atom. The molecule has 0 radical (unpaired) electrons. The standard InChI is InChI=1S/C14H9ClF2N2O2/c15-11-6-13(17)12(16)5-10(11)14(21)19-9-3-1-2-8(4-9)18-7-20/h1-7H,(H,18,20)(H,19,21). The first kappa shape index (κ1) is 14.9. The van der Waals surface area contributed by atoms with Gasteiger partial charge in [0.2, 0.25) is 6.41 Å². The van der Waals surface area contributed by atoms with Crippen LogP contribution >= 0.6 is 11.6 Å². The van der Waals surface area contributed by atoms with Gasteiger partial charge in [0.1, 0.15) is 0 Å². The van der Waals surface area contributed by atoms with Crippen LogP contribution in [0.4, 0.5) is 20.2 Å². The fraction of sp³-hybridized carbons (Fsp3) is 0. The van der Waals surface area contributed by atoms with Gasteiger partial charge in [-0.1, -0.05) is 17.7 Å². The van der Waals surface area contributed by atoms with Crippen LogP contribution in [0, 0.1) is 11.6 Å². The normalized spacial score (nSPS) is 10.0. The third-order valence-corrected chi connectivity index (χ3v) is 2.91. The van der Waals surface area contributed by atoms with E-state index in [-0.39, 0.29) is 10.6 Å². The number of benzene rings is 2. The van der Waals surface area contributed by atoms with Crippen molar-refractivity contribution in [2.24, 2.45) is 0 Å². The van der Waals surface area contributed by atoms with Crippen LogP contribution in [0.15, 0.2) is 36.4 Å². The monoisotopic (exact) mass is 310 g/mol. The molecule has 0 aromatic heterocycles. The first-order valence-electron chi connectivity index (χ1n) is 5.77. The van der Waals surface area contributed by atoms with Crippen molar-refractivity contribution in [3.63, 3.8) is 0 Å². The van der Waals surface area contributed by atoms with Gasteiger partial charge >= 0.3 is 0 Å². The molecule has 0 spiro atoms. The molecule has 0 saturated carbocycles. The van der Waals surface area contributed by atoms with Crippen molar-refractivity contribution in [1.29, 1.82) is 0 Å². The highest BCUT2D eigenvalue weighted by molar-refractivity contribution is 6.34. The maximum atomic E-state index is 13.2. The maximum Gasteiger partial charge on any atom is 0.257 e. The van der Waals surface area contributed by atoms with Crippen molar-refractivity contribution in [1.82, 2.24) is 0 Å². The van der Waals surface area contributed by atoms with Crippen LogP contribution in [-0.2, 0) is 4.79 Å². The smallest absolute Gasteiger partial charge is 0.257 e. The van der Waals surface area contributed by atoms with Crippen LogP contribution in [-0.4, -0.2) is 12.3 Å². The summed E-state index contributed by atoms with van der Waals surface area (Å²) in [4.78, 5) is 22.3. The SMILES string of the molecule is O=CNc1cccc(NC(=O)c2cc(F)c(F)cc2Cl)c1. The van der Waals surface area contributed by atoms with Crippen LogP contribution in [0.25, 0.3) is 0 Å². The predicted molar refractivity (Wildman–Crippen MR) is 75.4 cm³/mol. The third kappa shape index (κ3) is 3.55. The molecular formula is C14H9ClF2N2O2. The number of carbonyl (C=O) groups is 2. The number of rotatable bonds is 4. The molecule has 2 N–H and O–H groups in total. The zero-order chi connectivity index (χ0) is 15.4. The predicted octanol–water partition coefficient (Wildman–Crippen LogP) is 3.44. The van der Waals surface area contributed by atoms with E-state index in [4.69, 9.17) is 11.6 Å². The quantitative estimate of drug-likeness (QED) is 0.671. The number of carbonyl (C=O) groups excluding carboxylic acids is 2. The summed E-state index contributed by atoms with van der Waals surface area (Å²) < 4.78 is 26.1. The number of amides is 2. The summed E-state index contributed by atoms with van der Waals surface area (Å²) in [6.45, 7) is 0. The van der Waals surface area contributed by atoms with Gasteiger partial charge in [0.15, 0.2) is 11.6 Å². The summed E-state index contributed by atoms with van der Waals surface area (Å²) in [6, 6.07) is 7.75. The molecule has 0 heterocycles. The van der Waals surface area contributed by atoms with Gasteiger partial charge in [0, 0.05) is 11.4 Å². The molecule has 108 valence electrons. The average molecular weight is 311 g/mol. The van der Waals surface area contributed by atoms with Gasteiger partial charge in [-0.05, 0) is 30.3 Å². The molecule has 0 unspecified atom stereocenters. The van der Waals surface area contributed by atoms with E-state index in [1.54, 1.807) is 18.2 Å². The molecule has 0 bridgehead atoms. The maximum absolute atomic E-state index is 13.2. The van der Waals surface area contributed by atoms with E-state index in [1.165, 1.54) is 6.07 Å². The van der Waals surface area contributed by atoms with E-state index in [1.807, 2.05) is 0 Å². The van der Waals surface area contributed by atoms with Gasteiger partial charge in [0.25, 0.3) is 5.91 Å². The first-order valence-corrected chi connectivity index (χ1v) is 6.15. The number of halogens is 3. The number of anilines is 2. The fourth-order valence-electron chi connectivity index (χ4n) is 1.65. The highest BCUT2D eigenvalue weighted by Gasteiger charge is 2.15. The second-order valence-electron chi connectivity index (χ2n) is 4.04. The Morgan fingerprint density at radius 2 is 1.76 bits per heavy atom. The van der Waals surface area contributed by atoms with Gasteiger partial charge in [-0.2, -0.15) is 0 Å². The molecule has 0 saturated heterocycles. The van der Waals surface area contributed by atoms with E-state index in [0.29, 0.717) is 17.8 Å². The Bertz CT molecular complexity index is 707. The fourth-order valence-corrected chi connectivity index (χ4v) is 1.89. The molecule has 0 aliphatic carbocycles. The van der Waals surface area contributed by atoms with Crippen LogP contribution in [0.1, 0.15) is 10.4 Å². The second kappa shape index (κ2) is 6.32. The Kier molecular flexibility index (Phi) is 4.49. The Balaban J connectivity index is 2.24. The molecule has 0 aliphatic heterocycles. The van der Waals surface area contributed by atoms with Gasteiger partial charge in [-0.3, -0.25) is 9.59 Å². The second-order valence-corrected chi connectivity index (χ2v) is 4.45. The van der Waals surface area contributed by atoms with Crippen molar-refractivity contribution in [3.05, 3.63) is 58.6 Å². The first-order chi connectivity index (χ1) is 10.0. The van der Waals surface area contributed by atoms with Crippen molar-refractivity contribution < 1.29 is 18.4 Å². The van der Waals surface area contributed by atoms with Crippen LogP contribution in [0.5, 0.6) is 0 Å². The zero-order valence-corrected chi connectivity index (χ0v) is 11.2.